The van der Waals surface area contributed by atoms with E-state index in [1.165, 1.54) is 11.8 Å². The molecule has 0 saturated carbocycles. The van der Waals surface area contributed by atoms with Crippen molar-refractivity contribution in [1.82, 2.24) is 20.1 Å². The number of carbonyl (C=O) groups excluding carboxylic acids is 1. The smallest absolute Gasteiger partial charge is 0.230 e. The van der Waals surface area contributed by atoms with E-state index in [2.05, 4.69) is 22.1 Å². The highest BCUT2D eigenvalue weighted by Gasteiger charge is 2.28. The van der Waals surface area contributed by atoms with Gasteiger partial charge in [-0.25, -0.2) is 0 Å². The first-order valence-electron chi connectivity index (χ1n) is 11.1. The zero-order valence-electron chi connectivity index (χ0n) is 19.9. The van der Waals surface area contributed by atoms with Crippen LogP contribution in [0.15, 0.2) is 60.3 Å². The first kappa shape index (κ1) is 24.5. The predicted molar refractivity (Wildman–Crippen MR) is 132 cm³/mol. The summed E-state index contributed by atoms with van der Waals surface area (Å²) >= 11 is 1.30. The normalized spacial score (nSPS) is 15.2. The second-order valence-electron chi connectivity index (χ2n) is 7.79. The number of hydrogen-bond donors (Lipinski definition) is 1. The maximum Gasteiger partial charge on any atom is 0.230 e. The molecule has 2 aromatic carbocycles. The summed E-state index contributed by atoms with van der Waals surface area (Å²) in [6.45, 7) is 6.53. The van der Waals surface area contributed by atoms with Gasteiger partial charge in [-0.15, -0.1) is 16.8 Å². The van der Waals surface area contributed by atoms with Gasteiger partial charge in [-0.05, 0) is 37.3 Å². The number of thioether (sulfide) groups is 1. The molecule has 0 fully saturated rings. The summed E-state index contributed by atoms with van der Waals surface area (Å²) in [4.78, 5) is 12.7. The van der Waals surface area contributed by atoms with E-state index in [0.717, 1.165) is 5.56 Å². The predicted octanol–water partition coefficient (Wildman–Crippen LogP) is 3.96. The van der Waals surface area contributed by atoms with Gasteiger partial charge in [-0.3, -0.25) is 9.36 Å². The molecule has 9 nitrogen and oxygen atoms in total. The van der Waals surface area contributed by atoms with Crippen molar-refractivity contribution in [3.8, 4) is 23.0 Å². The molecule has 2 heterocycles. The topological polar surface area (TPSA) is 96.7 Å². The number of rotatable bonds is 10. The molecular weight excluding hydrogens is 468 g/mol. The molecule has 2 unspecified atom stereocenters. The summed E-state index contributed by atoms with van der Waals surface area (Å²) in [6, 6.07) is 12.7. The van der Waals surface area contributed by atoms with Crippen molar-refractivity contribution in [2.75, 3.05) is 26.6 Å². The van der Waals surface area contributed by atoms with Gasteiger partial charge < -0.3 is 24.3 Å². The van der Waals surface area contributed by atoms with Crippen molar-refractivity contribution in [2.45, 2.75) is 30.8 Å². The lowest BCUT2D eigenvalue weighted by molar-refractivity contribution is -0.119. The van der Waals surface area contributed by atoms with Crippen LogP contribution in [0.5, 0.6) is 23.0 Å². The lowest BCUT2D eigenvalue weighted by atomic mass is 10.1. The molecule has 10 heteroatoms. The highest BCUT2D eigenvalue weighted by atomic mass is 32.2. The van der Waals surface area contributed by atoms with Gasteiger partial charge >= 0.3 is 0 Å². The van der Waals surface area contributed by atoms with Crippen molar-refractivity contribution in [3.63, 3.8) is 0 Å². The Bertz CT molecular complexity index is 1200. The van der Waals surface area contributed by atoms with Crippen LogP contribution in [0.25, 0.3) is 0 Å². The minimum Gasteiger partial charge on any atom is -0.497 e. The highest BCUT2D eigenvalue weighted by molar-refractivity contribution is 7.99. The number of ether oxygens (including phenoxy) is 4. The van der Waals surface area contributed by atoms with Gasteiger partial charge in [0.15, 0.2) is 28.6 Å². The summed E-state index contributed by atoms with van der Waals surface area (Å²) in [5, 5.41) is 12.2. The van der Waals surface area contributed by atoms with Crippen LogP contribution in [-0.2, 0) is 11.3 Å². The monoisotopic (exact) mass is 496 g/mol. The van der Waals surface area contributed by atoms with Crippen LogP contribution in [0.4, 0.5) is 0 Å². The van der Waals surface area contributed by atoms with Crippen LogP contribution in [0.3, 0.4) is 0 Å². The van der Waals surface area contributed by atoms with Crippen LogP contribution >= 0.6 is 11.8 Å². The van der Waals surface area contributed by atoms with Crippen LogP contribution in [0, 0.1) is 0 Å². The molecule has 4 rings (SSSR count). The minimum atomic E-state index is -0.416. The van der Waals surface area contributed by atoms with Gasteiger partial charge in [-0.1, -0.05) is 30.0 Å². The van der Waals surface area contributed by atoms with Crippen LogP contribution < -0.4 is 24.3 Å². The number of carbonyl (C=O) groups is 1. The molecule has 0 radical (unpaired) electrons. The first-order chi connectivity index (χ1) is 17.0. The number of amides is 1. The van der Waals surface area contributed by atoms with Gasteiger partial charge in [0.1, 0.15) is 18.1 Å². The van der Waals surface area contributed by atoms with Gasteiger partial charge in [0.25, 0.3) is 0 Å². The molecule has 35 heavy (non-hydrogen) atoms. The van der Waals surface area contributed by atoms with Crippen LogP contribution in [0.2, 0.25) is 0 Å². The van der Waals surface area contributed by atoms with E-state index in [0.29, 0.717) is 47.1 Å². The molecule has 0 aliphatic carbocycles. The number of allylic oxidation sites excluding steroid dienone is 1. The summed E-state index contributed by atoms with van der Waals surface area (Å²) in [6.07, 6.45) is 1.34. The summed E-state index contributed by atoms with van der Waals surface area (Å²) in [5.74, 6) is 3.37. The third kappa shape index (κ3) is 5.54. The van der Waals surface area contributed by atoms with Crippen LogP contribution in [-0.4, -0.2) is 47.3 Å². The maximum atomic E-state index is 12.7. The van der Waals surface area contributed by atoms with Gasteiger partial charge in [-0.2, -0.15) is 0 Å². The number of aromatic nitrogens is 3. The molecule has 1 aromatic heterocycles. The molecule has 1 aliphatic rings. The Labute approximate surface area is 208 Å². The van der Waals surface area contributed by atoms with Crippen molar-refractivity contribution in [3.05, 3.63) is 66.5 Å². The first-order valence-corrected chi connectivity index (χ1v) is 12.1. The molecule has 1 aliphatic heterocycles. The molecule has 1 amide bonds. The Balaban J connectivity index is 1.42. The molecule has 3 aromatic rings. The number of nitrogens with one attached hydrogen (secondary N) is 1. The lowest BCUT2D eigenvalue weighted by Gasteiger charge is -2.26. The Hall–Kier alpha value is -3.66. The van der Waals surface area contributed by atoms with E-state index in [1.54, 1.807) is 20.3 Å². The van der Waals surface area contributed by atoms with E-state index in [-0.39, 0.29) is 17.7 Å². The minimum absolute atomic E-state index is 0.145. The SMILES string of the molecule is C=CCn1c(SCC(=O)NC(C)c2cc(OC)ccc2OC)nnc1C1COc2ccccc2O1. The number of nitrogens with zero attached hydrogens (tertiary/aromatic N) is 3. The molecule has 2 atom stereocenters. The standard InChI is InChI=1S/C25H28N4O5S/c1-5-12-29-24(22-14-33-20-8-6-7-9-21(20)34-22)27-28-25(29)35-15-23(30)26-16(2)18-13-17(31-3)10-11-19(18)32-4/h5-11,13,16,22H,1,12,14-15H2,2-4H3,(H,26,30). The summed E-state index contributed by atoms with van der Waals surface area (Å²) in [5.41, 5.74) is 0.831. The summed E-state index contributed by atoms with van der Waals surface area (Å²) in [7, 11) is 3.20. The highest BCUT2D eigenvalue weighted by Crippen LogP contribution is 2.36. The molecule has 184 valence electrons. The van der Waals surface area contributed by atoms with E-state index >= 15 is 0 Å². The number of para-hydroxylation sites is 2. The third-order valence-corrected chi connectivity index (χ3v) is 6.43. The molecule has 1 N–H and O–H groups in total. The molecular formula is C25H28N4O5S. The maximum absolute atomic E-state index is 12.7. The fourth-order valence-corrected chi connectivity index (χ4v) is 4.53. The number of benzene rings is 2. The number of hydrogen-bond acceptors (Lipinski definition) is 8. The summed E-state index contributed by atoms with van der Waals surface area (Å²) < 4.78 is 24.6. The van der Waals surface area contributed by atoms with Crippen LogP contribution in [0.1, 0.15) is 30.5 Å². The van der Waals surface area contributed by atoms with Gasteiger partial charge in [0.05, 0.1) is 26.0 Å². The lowest BCUT2D eigenvalue weighted by Crippen LogP contribution is -2.28. The average molecular weight is 497 g/mol. The fourth-order valence-electron chi connectivity index (χ4n) is 3.76. The quantitative estimate of drug-likeness (QED) is 0.333. The zero-order chi connectivity index (χ0) is 24.8. The number of fused-ring (bicyclic) bond motifs is 1. The second kappa shape index (κ2) is 11.2. The fraction of sp³-hybridized carbons (Fsp3) is 0.320. The Morgan fingerprint density at radius 2 is 2.06 bits per heavy atom. The third-order valence-electron chi connectivity index (χ3n) is 5.47. The van der Waals surface area contributed by atoms with Gasteiger partial charge in [0, 0.05) is 12.1 Å². The van der Waals surface area contributed by atoms with E-state index in [9.17, 15) is 4.79 Å². The Kier molecular flexibility index (Phi) is 7.81. The second-order valence-corrected chi connectivity index (χ2v) is 8.73. The average Bonchev–Trinajstić information content (AvgIpc) is 3.29. The van der Waals surface area contributed by atoms with E-state index < -0.39 is 6.10 Å². The van der Waals surface area contributed by atoms with E-state index in [1.807, 2.05) is 54.0 Å². The van der Waals surface area contributed by atoms with Crippen molar-refractivity contribution >= 4 is 17.7 Å². The largest absolute Gasteiger partial charge is 0.497 e. The molecule has 0 saturated heterocycles. The Morgan fingerprint density at radius 1 is 1.26 bits per heavy atom. The van der Waals surface area contributed by atoms with Crippen molar-refractivity contribution < 1.29 is 23.7 Å². The molecule has 0 spiro atoms. The van der Waals surface area contributed by atoms with Crippen molar-refractivity contribution in [1.29, 1.82) is 0 Å². The molecule has 0 bridgehead atoms. The number of methoxy groups -OCH3 is 2. The van der Waals surface area contributed by atoms with Gasteiger partial charge in [0.2, 0.25) is 5.91 Å². The van der Waals surface area contributed by atoms with Crippen molar-refractivity contribution in [2.24, 2.45) is 0 Å². The Morgan fingerprint density at radius 3 is 2.80 bits per heavy atom. The zero-order valence-corrected chi connectivity index (χ0v) is 20.7. The van der Waals surface area contributed by atoms with E-state index in [4.69, 9.17) is 18.9 Å².